The van der Waals surface area contributed by atoms with Crippen molar-refractivity contribution in [2.24, 2.45) is 0 Å². The van der Waals surface area contributed by atoms with Crippen LogP contribution in [0.3, 0.4) is 0 Å². The summed E-state index contributed by atoms with van der Waals surface area (Å²) in [5.74, 6) is 0.477. The van der Waals surface area contributed by atoms with Gasteiger partial charge in [-0.3, -0.25) is 5.10 Å². The zero-order valence-corrected chi connectivity index (χ0v) is 17.4. The maximum absolute atomic E-state index is 6.04. The molecule has 154 valence electrons. The quantitative estimate of drug-likeness (QED) is 0.454. The van der Waals surface area contributed by atoms with Gasteiger partial charge in [-0.25, -0.2) is 4.68 Å². The van der Waals surface area contributed by atoms with Crippen LogP contribution in [0.15, 0.2) is 72.8 Å². The molecule has 0 unspecified atom stereocenters. The van der Waals surface area contributed by atoms with E-state index < -0.39 is 0 Å². The van der Waals surface area contributed by atoms with E-state index in [9.17, 15) is 0 Å². The number of nitrogen functional groups attached to an aromatic ring is 1. The summed E-state index contributed by atoms with van der Waals surface area (Å²) in [7, 11) is 4.07. The Labute approximate surface area is 180 Å². The van der Waals surface area contributed by atoms with E-state index in [1.165, 1.54) is 5.56 Å². The molecular weight excluding hydrogens is 386 g/mol. The Bertz CT molecular complexity index is 1350. The van der Waals surface area contributed by atoms with Crippen LogP contribution < -0.4 is 10.6 Å². The van der Waals surface area contributed by atoms with Crippen molar-refractivity contribution < 1.29 is 0 Å². The minimum atomic E-state index is 0.477. The summed E-state index contributed by atoms with van der Waals surface area (Å²) in [6.45, 7) is 0.630. The molecule has 0 aliphatic carbocycles. The molecule has 0 atom stereocenters. The number of aromatic amines is 1. The van der Waals surface area contributed by atoms with E-state index >= 15 is 0 Å². The number of rotatable bonds is 5. The van der Waals surface area contributed by atoms with Crippen LogP contribution in [0.5, 0.6) is 0 Å². The van der Waals surface area contributed by atoms with Gasteiger partial charge in [0.25, 0.3) is 0 Å². The normalized spacial score (nSPS) is 11.2. The fourth-order valence-electron chi connectivity index (χ4n) is 3.77. The molecule has 2 aromatic heterocycles. The van der Waals surface area contributed by atoms with Crippen molar-refractivity contribution in [2.45, 2.75) is 6.54 Å². The van der Waals surface area contributed by atoms with Gasteiger partial charge in [-0.2, -0.15) is 5.10 Å². The third-order valence-corrected chi connectivity index (χ3v) is 5.41. The molecule has 5 rings (SSSR count). The SMILES string of the molecule is CN(C)c1cccc(-c2c(-c3ccc4[nH]nc(N)c4c3)nnn2Cc2ccccc2)c1. The molecule has 0 amide bonds. The topological polar surface area (TPSA) is 88.7 Å². The number of nitrogens with zero attached hydrogens (tertiary/aromatic N) is 5. The van der Waals surface area contributed by atoms with Crippen LogP contribution in [0.2, 0.25) is 0 Å². The van der Waals surface area contributed by atoms with Crippen molar-refractivity contribution in [3.63, 3.8) is 0 Å². The lowest BCUT2D eigenvalue weighted by atomic mass is 10.0. The molecule has 0 aliphatic rings. The van der Waals surface area contributed by atoms with E-state index in [1.807, 2.05) is 55.2 Å². The summed E-state index contributed by atoms with van der Waals surface area (Å²) >= 11 is 0. The second-order valence-corrected chi connectivity index (χ2v) is 7.74. The molecule has 3 N–H and O–H groups in total. The molecule has 0 saturated heterocycles. The summed E-state index contributed by atoms with van der Waals surface area (Å²) in [5, 5.41) is 17.0. The highest BCUT2D eigenvalue weighted by Crippen LogP contribution is 2.34. The Morgan fingerprint density at radius 3 is 2.58 bits per heavy atom. The number of aromatic nitrogens is 5. The Morgan fingerprint density at radius 1 is 0.935 bits per heavy atom. The van der Waals surface area contributed by atoms with E-state index in [0.717, 1.165) is 39.1 Å². The van der Waals surface area contributed by atoms with Crippen molar-refractivity contribution in [3.8, 4) is 22.5 Å². The largest absolute Gasteiger partial charge is 0.382 e. The molecular formula is C24H23N7. The third-order valence-electron chi connectivity index (χ3n) is 5.41. The molecule has 0 fully saturated rings. The van der Waals surface area contributed by atoms with Gasteiger partial charge in [-0.05, 0) is 29.8 Å². The number of H-pyrrole nitrogens is 1. The number of nitrogens with two attached hydrogens (primary N) is 1. The number of anilines is 2. The molecule has 3 aromatic carbocycles. The summed E-state index contributed by atoms with van der Waals surface area (Å²) in [5.41, 5.74) is 13.0. The standard InChI is InChI=1S/C24H23N7/c1-30(2)19-10-6-9-18(13-19)23-22(17-11-12-21-20(14-17)24(25)28-26-21)27-29-31(23)15-16-7-4-3-5-8-16/h3-14H,15H2,1-2H3,(H3,25,26,28). The second-order valence-electron chi connectivity index (χ2n) is 7.74. The highest BCUT2D eigenvalue weighted by molar-refractivity contribution is 5.93. The van der Waals surface area contributed by atoms with Crippen molar-refractivity contribution in [1.82, 2.24) is 25.2 Å². The summed E-state index contributed by atoms with van der Waals surface area (Å²) in [6, 6.07) is 24.7. The predicted molar refractivity (Wildman–Crippen MR) is 125 cm³/mol. The van der Waals surface area contributed by atoms with Crippen molar-refractivity contribution in [2.75, 3.05) is 24.7 Å². The number of benzene rings is 3. The van der Waals surface area contributed by atoms with Crippen molar-refractivity contribution in [3.05, 3.63) is 78.4 Å². The number of hydrogen-bond acceptors (Lipinski definition) is 5. The smallest absolute Gasteiger partial charge is 0.153 e. The first-order valence-electron chi connectivity index (χ1n) is 10.1. The fraction of sp³-hybridized carbons (Fsp3) is 0.125. The zero-order chi connectivity index (χ0) is 21.4. The molecule has 0 aliphatic heterocycles. The first-order chi connectivity index (χ1) is 15.1. The molecule has 5 aromatic rings. The molecule has 0 spiro atoms. The summed E-state index contributed by atoms with van der Waals surface area (Å²) < 4.78 is 1.96. The lowest BCUT2D eigenvalue weighted by Gasteiger charge is -2.15. The van der Waals surface area contributed by atoms with Crippen LogP contribution in [-0.2, 0) is 6.54 Å². The van der Waals surface area contributed by atoms with Gasteiger partial charge in [0.15, 0.2) is 5.82 Å². The van der Waals surface area contributed by atoms with Gasteiger partial charge in [0.05, 0.1) is 17.8 Å². The van der Waals surface area contributed by atoms with E-state index in [2.05, 4.69) is 61.8 Å². The average Bonchev–Trinajstić information content (AvgIpc) is 3.38. The van der Waals surface area contributed by atoms with Crippen LogP contribution in [0.1, 0.15) is 5.56 Å². The first kappa shape index (κ1) is 18.9. The Kier molecular flexibility index (Phi) is 4.63. The second kappa shape index (κ2) is 7.60. The van der Waals surface area contributed by atoms with E-state index in [0.29, 0.717) is 12.4 Å². The first-order valence-corrected chi connectivity index (χ1v) is 10.1. The number of hydrogen-bond donors (Lipinski definition) is 2. The maximum atomic E-state index is 6.04. The number of nitrogens with one attached hydrogen (secondary N) is 1. The fourth-order valence-corrected chi connectivity index (χ4v) is 3.77. The lowest BCUT2D eigenvalue weighted by molar-refractivity contribution is 0.656. The Balaban J connectivity index is 1.69. The maximum Gasteiger partial charge on any atom is 0.153 e. The van der Waals surface area contributed by atoms with Crippen LogP contribution in [0, 0.1) is 0 Å². The highest BCUT2D eigenvalue weighted by atomic mass is 15.4. The molecule has 31 heavy (non-hydrogen) atoms. The summed E-state index contributed by atoms with van der Waals surface area (Å²) in [6.07, 6.45) is 0. The average molecular weight is 409 g/mol. The minimum Gasteiger partial charge on any atom is -0.382 e. The van der Waals surface area contributed by atoms with Gasteiger partial charge in [-0.1, -0.05) is 53.7 Å². The van der Waals surface area contributed by atoms with E-state index in [-0.39, 0.29) is 0 Å². The number of fused-ring (bicyclic) bond motifs is 1. The van der Waals surface area contributed by atoms with E-state index in [4.69, 9.17) is 5.73 Å². The molecule has 2 heterocycles. The molecule has 7 heteroatoms. The van der Waals surface area contributed by atoms with Crippen LogP contribution in [0.4, 0.5) is 11.5 Å². The molecule has 0 radical (unpaired) electrons. The zero-order valence-electron chi connectivity index (χ0n) is 17.4. The molecule has 0 saturated carbocycles. The van der Waals surface area contributed by atoms with Gasteiger partial charge in [0.2, 0.25) is 0 Å². The Morgan fingerprint density at radius 2 is 1.77 bits per heavy atom. The van der Waals surface area contributed by atoms with Crippen molar-refractivity contribution >= 4 is 22.4 Å². The third kappa shape index (κ3) is 3.50. The van der Waals surface area contributed by atoms with Gasteiger partial charge >= 0.3 is 0 Å². The van der Waals surface area contributed by atoms with Crippen LogP contribution >= 0.6 is 0 Å². The molecule has 0 bridgehead atoms. The van der Waals surface area contributed by atoms with Gasteiger partial charge in [0.1, 0.15) is 5.69 Å². The lowest BCUT2D eigenvalue weighted by Crippen LogP contribution is -2.09. The monoisotopic (exact) mass is 409 g/mol. The van der Waals surface area contributed by atoms with Crippen LogP contribution in [0.25, 0.3) is 33.4 Å². The van der Waals surface area contributed by atoms with Gasteiger partial charge in [-0.15, -0.1) is 5.10 Å². The molecule has 7 nitrogen and oxygen atoms in total. The minimum absolute atomic E-state index is 0.477. The van der Waals surface area contributed by atoms with Gasteiger partial charge in [0, 0.05) is 36.3 Å². The van der Waals surface area contributed by atoms with Crippen molar-refractivity contribution in [1.29, 1.82) is 0 Å². The van der Waals surface area contributed by atoms with E-state index in [1.54, 1.807) is 0 Å². The Hall–Kier alpha value is -4.13. The highest BCUT2D eigenvalue weighted by Gasteiger charge is 2.19. The van der Waals surface area contributed by atoms with Gasteiger partial charge < -0.3 is 10.6 Å². The van der Waals surface area contributed by atoms with Crippen LogP contribution in [-0.4, -0.2) is 39.3 Å². The summed E-state index contributed by atoms with van der Waals surface area (Å²) in [4.78, 5) is 2.09. The predicted octanol–water partition coefficient (Wildman–Crippen LogP) is 4.18.